The molecule has 1 aromatic carbocycles. The van der Waals surface area contributed by atoms with E-state index in [0.717, 1.165) is 17.2 Å². The lowest BCUT2D eigenvalue weighted by Crippen LogP contribution is -2.04. The maximum atomic E-state index is 10.7. The molecule has 1 N–H and O–H groups in total. The molecule has 0 radical (unpaired) electrons. The summed E-state index contributed by atoms with van der Waals surface area (Å²) >= 11 is 0. The summed E-state index contributed by atoms with van der Waals surface area (Å²) in [6.45, 7) is 4.34. The van der Waals surface area contributed by atoms with Crippen LogP contribution in [0.5, 0.6) is 0 Å². The molecule has 0 aliphatic heterocycles. The van der Waals surface area contributed by atoms with Crippen LogP contribution < -0.4 is 0 Å². The highest BCUT2D eigenvalue weighted by Gasteiger charge is 2.05. The van der Waals surface area contributed by atoms with Gasteiger partial charge in [0.25, 0.3) is 0 Å². The fraction of sp³-hybridized carbons (Fsp3) is 0.250. The van der Waals surface area contributed by atoms with E-state index in [0.29, 0.717) is 12.1 Å². The molecule has 88 valence electrons. The number of nitrogens with zero attached hydrogens (tertiary/aromatic N) is 3. The maximum absolute atomic E-state index is 10.7. The number of benzene rings is 1. The molecular weight excluding hydrogens is 218 g/mol. The van der Waals surface area contributed by atoms with Crippen LogP contribution in [0.1, 0.15) is 27.6 Å². The molecule has 0 unspecified atom stereocenters. The number of hydrogen-bond donors (Lipinski definition) is 1. The Morgan fingerprint density at radius 3 is 2.41 bits per heavy atom. The van der Waals surface area contributed by atoms with E-state index < -0.39 is 5.97 Å². The van der Waals surface area contributed by atoms with Crippen molar-refractivity contribution in [3.8, 4) is 0 Å². The zero-order chi connectivity index (χ0) is 12.4. The van der Waals surface area contributed by atoms with Crippen molar-refractivity contribution < 1.29 is 9.90 Å². The van der Waals surface area contributed by atoms with Gasteiger partial charge in [0.15, 0.2) is 0 Å². The van der Waals surface area contributed by atoms with Crippen molar-refractivity contribution >= 4 is 5.97 Å². The van der Waals surface area contributed by atoms with Crippen LogP contribution in [0.2, 0.25) is 0 Å². The van der Waals surface area contributed by atoms with E-state index in [1.807, 2.05) is 13.8 Å². The molecule has 17 heavy (non-hydrogen) atoms. The summed E-state index contributed by atoms with van der Waals surface area (Å²) in [5, 5.41) is 13.0. The van der Waals surface area contributed by atoms with E-state index in [1.165, 1.54) is 0 Å². The normalized spacial score (nSPS) is 10.5. The first-order chi connectivity index (χ1) is 8.06. The summed E-state index contributed by atoms with van der Waals surface area (Å²) in [6.07, 6.45) is 0. The molecule has 0 atom stereocenters. The lowest BCUT2D eigenvalue weighted by atomic mass is 10.1. The number of carbonyl (C=O) groups is 1. The van der Waals surface area contributed by atoms with Gasteiger partial charge < -0.3 is 5.11 Å². The molecule has 1 heterocycles. The van der Waals surface area contributed by atoms with Crippen molar-refractivity contribution in [3.63, 3.8) is 0 Å². The SMILES string of the molecule is Cc1nc(C)n(Cc2ccc(C(=O)O)cc2)n1. The smallest absolute Gasteiger partial charge is 0.335 e. The first-order valence-electron chi connectivity index (χ1n) is 5.26. The molecule has 0 fully saturated rings. The molecular formula is C12H13N3O2. The minimum absolute atomic E-state index is 0.292. The molecule has 5 nitrogen and oxygen atoms in total. The average Bonchev–Trinajstić information content (AvgIpc) is 2.58. The van der Waals surface area contributed by atoms with Gasteiger partial charge >= 0.3 is 5.97 Å². The van der Waals surface area contributed by atoms with E-state index in [-0.39, 0.29) is 0 Å². The largest absolute Gasteiger partial charge is 0.478 e. The highest BCUT2D eigenvalue weighted by atomic mass is 16.4. The molecule has 0 aliphatic rings. The van der Waals surface area contributed by atoms with Crippen molar-refractivity contribution in [2.75, 3.05) is 0 Å². The number of aromatic carboxylic acids is 1. The van der Waals surface area contributed by atoms with Crippen LogP contribution in [-0.4, -0.2) is 25.8 Å². The van der Waals surface area contributed by atoms with E-state index in [1.54, 1.807) is 28.9 Å². The average molecular weight is 231 g/mol. The van der Waals surface area contributed by atoms with Gasteiger partial charge in [0.1, 0.15) is 11.6 Å². The Balaban J connectivity index is 2.19. The topological polar surface area (TPSA) is 68.0 Å². The van der Waals surface area contributed by atoms with E-state index in [4.69, 9.17) is 5.11 Å². The highest BCUT2D eigenvalue weighted by Crippen LogP contribution is 2.07. The summed E-state index contributed by atoms with van der Waals surface area (Å²) in [5.41, 5.74) is 1.29. The molecule has 2 rings (SSSR count). The van der Waals surface area contributed by atoms with Gasteiger partial charge in [-0.2, -0.15) is 5.10 Å². The van der Waals surface area contributed by atoms with Crippen molar-refractivity contribution in [1.82, 2.24) is 14.8 Å². The Labute approximate surface area is 98.7 Å². The second-order valence-electron chi connectivity index (χ2n) is 3.87. The first kappa shape index (κ1) is 11.3. The quantitative estimate of drug-likeness (QED) is 0.871. The standard InChI is InChI=1S/C12H13N3O2/c1-8-13-9(2)15(14-8)7-10-3-5-11(6-4-10)12(16)17/h3-6H,7H2,1-2H3,(H,16,17). The summed E-state index contributed by atoms with van der Waals surface area (Å²) in [4.78, 5) is 14.9. The van der Waals surface area contributed by atoms with E-state index in [9.17, 15) is 4.79 Å². The van der Waals surface area contributed by atoms with Gasteiger partial charge in [0.2, 0.25) is 0 Å². The van der Waals surface area contributed by atoms with Gasteiger partial charge in [-0.25, -0.2) is 14.5 Å². The summed E-state index contributed by atoms with van der Waals surface area (Å²) in [7, 11) is 0. The minimum atomic E-state index is -0.913. The van der Waals surface area contributed by atoms with Gasteiger partial charge in [-0.1, -0.05) is 12.1 Å². The van der Waals surface area contributed by atoms with Crippen LogP contribution in [0, 0.1) is 13.8 Å². The molecule has 2 aromatic rings. The van der Waals surface area contributed by atoms with Crippen molar-refractivity contribution in [2.24, 2.45) is 0 Å². The minimum Gasteiger partial charge on any atom is -0.478 e. The molecule has 1 aromatic heterocycles. The fourth-order valence-electron chi connectivity index (χ4n) is 1.64. The predicted octanol–water partition coefficient (Wildman–Crippen LogP) is 1.64. The number of carboxylic acid groups (broad SMARTS) is 1. The lowest BCUT2D eigenvalue weighted by Gasteiger charge is -2.03. The molecule has 0 amide bonds. The molecule has 0 aliphatic carbocycles. The van der Waals surface area contributed by atoms with Gasteiger partial charge in [0, 0.05) is 0 Å². The number of aromatic nitrogens is 3. The molecule has 0 spiro atoms. The Morgan fingerprint density at radius 2 is 1.94 bits per heavy atom. The summed E-state index contributed by atoms with van der Waals surface area (Å²) in [6, 6.07) is 6.77. The number of carboxylic acids is 1. The van der Waals surface area contributed by atoms with Crippen molar-refractivity contribution in [3.05, 3.63) is 47.0 Å². The third-order valence-electron chi connectivity index (χ3n) is 2.50. The monoisotopic (exact) mass is 231 g/mol. The molecule has 0 saturated heterocycles. The number of rotatable bonds is 3. The highest BCUT2D eigenvalue weighted by molar-refractivity contribution is 5.87. The Hall–Kier alpha value is -2.17. The second-order valence-corrected chi connectivity index (χ2v) is 3.87. The van der Waals surface area contributed by atoms with Crippen LogP contribution in [0.15, 0.2) is 24.3 Å². The first-order valence-corrected chi connectivity index (χ1v) is 5.26. The zero-order valence-electron chi connectivity index (χ0n) is 9.71. The van der Waals surface area contributed by atoms with E-state index >= 15 is 0 Å². The zero-order valence-corrected chi connectivity index (χ0v) is 9.71. The third kappa shape index (κ3) is 2.50. The van der Waals surface area contributed by atoms with Gasteiger partial charge in [-0.3, -0.25) is 0 Å². The van der Waals surface area contributed by atoms with E-state index in [2.05, 4.69) is 10.1 Å². The fourth-order valence-corrected chi connectivity index (χ4v) is 1.64. The molecule has 5 heteroatoms. The predicted molar refractivity (Wildman–Crippen MR) is 62.0 cm³/mol. The van der Waals surface area contributed by atoms with Gasteiger partial charge in [-0.05, 0) is 31.5 Å². The number of aryl methyl sites for hydroxylation is 2. The van der Waals surface area contributed by atoms with Crippen LogP contribution in [0.3, 0.4) is 0 Å². The maximum Gasteiger partial charge on any atom is 0.335 e. The Kier molecular flexibility index (Phi) is 2.91. The van der Waals surface area contributed by atoms with Gasteiger partial charge in [0.05, 0.1) is 12.1 Å². The van der Waals surface area contributed by atoms with Gasteiger partial charge in [-0.15, -0.1) is 0 Å². The van der Waals surface area contributed by atoms with Crippen LogP contribution in [0.4, 0.5) is 0 Å². The lowest BCUT2D eigenvalue weighted by molar-refractivity contribution is 0.0697. The van der Waals surface area contributed by atoms with Crippen LogP contribution in [0.25, 0.3) is 0 Å². The Bertz CT molecular complexity index is 543. The van der Waals surface area contributed by atoms with Crippen molar-refractivity contribution in [2.45, 2.75) is 20.4 Å². The summed E-state index contributed by atoms with van der Waals surface area (Å²) < 4.78 is 1.80. The molecule has 0 saturated carbocycles. The Morgan fingerprint density at radius 1 is 1.29 bits per heavy atom. The number of hydrogen-bond acceptors (Lipinski definition) is 3. The molecule has 0 bridgehead atoms. The van der Waals surface area contributed by atoms with Crippen LogP contribution >= 0.6 is 0 Å². The summed E-state index contributed by atoms with van der Waals surface area (Å²) in [5.74, 6) is 0.679. The second kappa shape index (κ2) is 4.37. The third-order valence-corrected chi connectivity index (χ3v) is 2.50. The van der Waals surface area contributed by atoms with Crippen LogP contribution in [-0.2, 0) is 6.54 Å². The van der Waals surface area contributed by atoms with Crippen molar-refractivity contribution in [1.29, 1.82) is 0 Å².